The molecule has 6 rings (SSSR count). The van der Waals surface area contributed by atoms with Gasteiger partial charge in [-0.1, -0.05) is 36.4 Å². The third-order valence-electron chi connectivity index (χ3n) is 6.41. The van der Waals surface area contributed by atoms with Gasteiger partial charge in [0.1, 0.15) is 0 Å². The maximum atomic E-state index is 13.3. The zero-order valence-electron chi connectivity index (χ0n) is 17.5. The second kappa shape index (κ2) is 7.44. The molecule has 9 heteroatoms. The van der Waals surface area contributed by atoms with Gasteiger partial charge in [-0.25, -0.2) is 18.5 Å². The Morgan fingerprint density at radius 2 is 1.76 bits per heavy atom. The van der Waals surface area contributed by atoms with Crippen LogP contribution in [0.2, 0.25) is 0 Å². The lowest BCUT2D eigenvalue weighted by atomic mass is 10.0. The van der Waals surface area contributed by atoms with E-state index in [9.17, 15) is 13.2 Å². The molecule has 1 aliphatic carbocycles. The first kappa shape index (κ1) is 20.5. The summed E-state index contributed by atoms with van der Waals surface area (Å²) in [6, 6.07) is 16.1. The molecule has 7 nitrogen and oxygen atoms in total. The second-order valence-corrected chi connectivity index (χ2v) is 11.2. The van der Waals surface area contributed by atoms with Crippen LogP contribution in [0.15, 0.2) is 65.7 Å². The van der Waals surface area contributed by atoms with Gasteiger partial charge in [0, 0.05) is 30.2 Å². The molecule has 2 aliphatic rings. The minimum Gasteiger partial charge on any atom is -0.336 e. The van der Waals surface area contributed by atoms with Crippen molar-refractivity contribution in [1.82, 2.24) is 14.9 Å². The molecule has 2 fully saturated rings. The fraction of sp³-hybridized carbons (Fsp3) is 0.208. The number of pyridine rings is 1. The van der Waals surface area contributed by atoms with Crippen LogP contribution in [0.25, 0.3) is 32.6 Å². The Hall–Kier alpha value is -3.14. The molecule has 2 atom stereocenters. The Labute approximate surface area is 195 Å². The van der Waals surface area contributed by atoms with Gasteiger partial charge in [-0.2, -0.15) is 0 Å². The highest BCUT2D eigenvalue weighted by Crippen LogP contribution is 2.46. The molecule has 166 valence electrons. The van der Waals surface area contributed by atoms with Crippen LogP contribution in [0.5, 0.6) is 0 Å². The number of para-hydroxylation sites is 1. The molecule has 33 heavy (non-hydrogen) atoms. The monoisotopic (exact) mass is 476 g/mol. The number of likely N-dealkylation sites (tertiary alicyclic amines) is 1. The van der Waals surface area contributed by atoms with E-state index in [1.54, 1.807) is 18.3 Å². The molecule has 4 aromatic rings. The lowest BCUT2D eigenvalue weighted by Crippen LogP contribution is -2.30. The van der Waals surface area contributed by atoms with Crippen molar-refractivity contribution in [1.29, 1.82) is 0 Å². The average molecular weight is 477 g/mol. The van der Waals surface area contributed by atoms with Crippen molar-refractivity contribution in [2.45, 2.75) is 11.3 Å². The predicted molar refractivity (Wildman–Crippen MR) is 127 cm³/mol. The molecule has 0 radical (unpaired) electrons. The quantitative estimate of drug-likeness (QED) is 0.483. The van der Waals surface area contributed by atoms with E-state index in [1.165, 1.54) is 29.9 Å². The van der Waals surface area contributed by atoms with E-state index in [0.717, 1.165) is 40.0 Å². The molecule has 1 aliphatic heterocycles. The number of rotatable bonds is 4. The van der Waals surface area contributed by atoms with Gasteiger partial charge in [-0.3, -0.25) is 9.78 Å². The van der Waals surface area contributed by atoms with Gasteiger partial charge in [-0.15, -0.1) is 11.3 Å². The summed E-state index contributed by atoms with van der Waals surface area (Å²) in [7, 11) is -3.80. The number of carbonyl (C=O) groups is 1. The first-order valence-corrected chi connectivity index (χ1v) is 13.0. The van der Waals surface area contributed by atoms with Gasteiger partial charge in [0.25, 0.3) is 5.91 Å². The third kappa shape index (κ3) is 3.62. The molecule has 1 amide bonds. The third-order valence-corrected chi connectivity index (χ3v) is 8.43. The van der Waals surface area contributed by atoms with Crippen LogP contribution in [0, 0.1) is 11.8 Å². The zero-order valence-corrected chi connectivity index (χ0v) is 19.1. The molecule has 0 spiro atoms. The summed E-state index contributed by atoms with van der Waals surface area (Å²) in [5, 5.41) is 6.67. The maximum absolute atomic E-state index is 13.3. The molecule has 1 saturated carbocycles. The Morgan fingerprint density at radius 3 is 2.48 bits per heavy atom. The number of primary sulfonamides is 1. The van der Waals surface area contributed by atoms with Crippen LogP contribution >= 0.6 is 11.3 Å². The first-order valence-electron chi connectivity index (χ1n) is 10.7. The Balaban J connectivity index is 1.49. The van der Waals surface area contributed by atoms with E-state index < -0.39 is 10.0 Å². The number of hydrogen-bond acceptors (Lipinski definition) is 6. The van der Waals surface area contributed by atoms with E-state index in [2.05, 4.69) is 4.98 Å². The van der Waals surface area contributed by atoms with Gasteiger partial charge < -0.3 is 4.90 Å². The predicted octanol–water partition coefficient (Wildman–Crippen LogP) is 3.76. The van der Waals surface area contributed by atoms with E-state index in [1.807, 2.05) is 35.2 Å². The van der Waals surface area contributed by atoms with Crippen LogP contribution in [-0.2, 0) is 10.0 Å². The molecular formula is C24H20N4O3S2. The molecule has 2 unspecified atom stereocenters. The Kier molecular flexibility index (Phi) is 4.62. The summed E-state index contributed by atoms with van der Waals surface area (Å²) in [5.41, 5.74) is 3.07. The number of fused-ring (bicyclic) bond motifs is 2. The van der Waals surface area contributed by atoms with Crippen molar-refractivity contribution in [2.24, 2.45) is 17.0 Å². The molecule has 3 heterocycles. The number of benzene rings is 2. The summed E-state index contributed by atoms with van der Waals surface area (Å²) in [6.07, 6.45) is 2.96. The SMILES string of the molecule is NS(=O)(=O)c1ccc(-c2sc(C(=O)N3CC4CC4C3)nc2-c2cccc3cccnc23)cc1. The fourth-order valence-corrected chi connectivity index (χ4v) is 6.15. The minimum absolute atomic E-state index is 0.0386. The number of carbonyl (C=O) groups excluding carboxylic acids is 1. The van der Waals surface area contributed by atoms with Crippen molar-refractivity contribution in [3.05, 3.63) is 65.8 Å². The van der Waals surface area contributed by atoms with Crippen LogP contribution in [0.4, 0.5) is 0 Å². The molecular weight excluding hydrogens is 456 g/mol. The van der Waals surface area contributed by atoms with Gasteiger partial charge in [0.15, 0.2) is 5.01 Å². The lowest BCUT2D eigenvalue weighted by molar-refractivity contribution is 0.0775. The van der Waals surface area contributed by atoms with E-state index in [-0.39, 0.29) is 10.8 Å². The van der Waals surface area contributed by atoms with Crippen molar-refractivity contribution in [3.8, 4) is 21.7 Å². The Morgan fingerprint density at radius 1 is 1.03 bits per heavy atom. The number of hydrogen-bond donors (Lipinski definition) is 1. The number of amides is 1. The summed E-state index contributed by atoms with van der Waals surface area (Å²) in [6.45, 7) is 1.60. The summed E-state index contributed by atoms with van der Waals surface area (Å²) < 4.78 is 23.4. The van der Waals surface area contributed by atoms with Crippen molar-refractivity contribution in [3.63, 3.8) is 0 Å². The highest BCUT2D eigenvalue weighted by atomic mass is 32.2. The normalized spacial score (nSPS) is 19.6. The van der Waals surface area contributed by atoms with Gasteiger partial charge in [0.2, 0.25) is 10.0 Å². The summed E-state index contributed by atoms with van der Waals surface area (Å²) in [5.74, 6) is 1.23. The number of nitrogens with two attached hydrogens (primary N) is 1. The highest BCUT2D eigenvalue weighted by Gasteiger charge is 2.47. The number of thiazole rings is 1. The largest absolute Gasteiger partial charge is 0.336 e. The standard InChI is InChI=1S/C24H20N4O3S2/c25-33(30,31)18-8-6-15(7-9-18)22-21(19-5-1-3-14-4-2-10-26-20(14)19)27-23(32-22)24(29)28-12-16-11-17(16)13-28/h1-10,16-17H,11-13H2,(H2,25,30,31). The van der Waals surface area contributed by atoms with Crippen molar-refractivity contribution < 1.29 is 13.2 Å². The summed E-state index contributed by atoms with van der Waals surface area (Å²) in [4.78, 5) is 25.4. The van der Waals surface area contributed by atoms with E-state index >= 15 is 0 Å². The average Bonchev–Trinajstić information content (AvgIpc) is 3.21. The smallest absolute Gasteiger partial charge is 0.282 e. The van der Waals surface area contributed by atoms with Gasteiger partial charge in [-0.05, 0) is 42.0 Å². The number of piperidine rings is 1. The van der Waals surface area contributed by atoms with Crippen LogP contribution in [0.3, 0.4) is 0 Å². The minimum atomic E-state index is -3.80. The van der Waals surface area contributed by atoms with E-state index in [4.69, 9.17) is 10.1 Å². The van der Waals surface area contributed by atoms with Gasteiger partial charge in [0.05, 0.1) is 21.0 Å². The molecule has 0 bridgehead atoms. The molecule has 2 aromatic heterocycles. The zero-order chi connectivity index (χ0) is 22.7. The number of nitrogens with zero attached hydrogens (tertiary/aromatic N) is 3. The summed E-state index contributed by atoms with van der Waals surface area (Å²) >= 11 is 1.33. The first-order chi connectivity index (χ1) is 15.9. The van der Waals surface area contributed by atoms with Crippen LogP contribution in [-0.4, -0.2) is 42.3 Å². The Bertz CT molecular complexity index is 1500. The van der Waals surface area contributed by atoms with Crippen molar-refractivity contribution >= 4 is 38.2 Å². The highest BCUT2D eigenvalue weighted by molar-refractivity contribution is 7.89. The van der Waals surface area contributed by atoms with Crippen LogP contribution in [0.1, 0.15) is 16.2 Å². The maximum Gasteiger partial charge on any atom is 0.282 e. The van der Waals surface area contributed by atoms with E-state index in [0.29, 0.717) is 22.5 Å². The van der Waals surface area contributed by atoms with Crippen molar-refractivity contribution in [2.75, 3.05) is 13.1 Å². The molecule has 2 N–H and O–H groups in total. The fourth-order valence-electron chi connectivity index (χ4n) is 4.58. The molecule has 1 saturated heterocycles. The lowest BCUT2D eigenvalue weighted by Gasteiger charge is -2.15. The number of sulfonamides is 1. The van der Waals surface area contributed by atoms with Gasteiger partial charge >= 0.3 is 0 Å². The molecule has 2 aromatic carbocycles. The number of aromatic nitrogens is 2. The second-order valence-electron chi connectivity index (χ2n) is 8.61. The van der Waals surface area contributed by atoms with Crippen LogP contribution < -0.4 is 5.14 Å². The topological polar surface area (TPSA) is 106 Å².